The molecule has 1 aliphatic rings. The van der Waals surface area contributed by atoms with Crippen LogP contribution in [0.3, 0.4) is 0 Å². The first kappa shape index (κ1) is 27.3. The lowest BCUT2D eigenvalue weighted by Crippen LogP contribution is -2.43. The van der Waals surface area contributed by atoms with Crippen molar-refractivity contribution in [3.8, 4) is 17.3 Å². The first-order valence-electron chi connectivity index (χ1n) is 12.9. The quantitative estimate of drug-likeness (QED) is 0.144. The maximum Gasteiger partial charge on any atom is 0.311 e. The highest BCUT2D eigenvalue weighted by Gasteiger charge is 2.21. The Morgan fingerprint density at radius 3 is 2.74 bits per heavy atom. The van der Waals surface area contributed by atoms with Crippen molar-refractivity contribution >= 4 is 55.6 Å². The van der Waals surface area contributed by atoms with Crippen LogP contribution in [0.5, 0.6) is 5.75 Å². The zero-order chi connectivity index (χ0) is 29.2. The zero-order valence-corrected chi connectivity index (χ0v) is 23.5. The Kier molecular flexibility index (Phi) is 7.50. The molecule has 12 nitrogen and oxygen atoms in total. The molecule has 0 radical (unpaired) electrons. The van der Waals surface area contributed by atoms with Crippen molar-refractivity contribution in [1.82, 2.24) is 14.6 Å². The largest absolute Gasteiger partial charge is 0.477 e. The van der Waals surface area contributed by atoms with Crippen molar-refractivity contribution in [2.45, 2.75) is 0 Å². The molecule has 1 amide bonds. The standard InChI is InChI=1S/C29H22BrN5O7/c30-20-6-8-24-19(14-20)15-26(42-24)28-32-22-4-2-1-3-21(22)29(37)34(28)31-16-18-5-7-25(23(13-18)35(38)39)41-17-27(36)33-9-11-40-12-10-33/h1-8,13-16H,9-12,17H2. The fourth-order valence-corrected chi connectivity index (χ4v) is 4.94. The molecule has 1 saturated heterocycles. The van der Waals surface area contributed by atoms with Gasteiger partial charge in [-0.15, -0.1) is 0 Å². The third-order valence-corrected chi connectivity index (χ3v) is 7.16. The molecule has 1 fully saturated rings. The van der Waals surface area contributed by atoms with Crippen LogP contribution in [0.4, 0.5) is 5.69 Å². The van der Waals surface area contributed by atoms with Gasteiger partial charge in [0.1, 0.15) is 5.58 Å². The van der Waals surface area contributed by atoms with Crippen LogP contribution >= 0.6 is 15.9 Å². The number of ether oxygens (including phenoxy) is 2. The molecule has 42 heavy (non-hydrogen) atoms. The molecule has 0 atom stereocenters. The fraction of sp³-hybridized carbons (Fsp3) is 0.172. The Morgan fingerprint density at radius 1 is 1.12 bits per heavy atom. The lowest BCUT2D eigenvalue weighted by atomic mass is 10.2. The van der Waals surface area contributed by atoms with Crippen LogP contribution in [0.25, 0.3) is 33.5 Å². The van der Waals surface area contributed by atoms with Crippen LogP contribution in [-0.4, -0.2) is 64.5 Å². The average Bonchev–Trinajstić information content (AvgIpc) is 3.43. The van der Waals surface area contributed by atoms with Crippen LogP contribution in [0, 0.1) is 10.1 Å². The molecular formula is C29H22BrN5O7. The van der Waals surface area contributed by atoms with E-state index in [1.54, 1.807) is 47.4 Å². The summed E-state index contributed by atoms with van der Waals surface area (Å²) in [6.45, 7) is 1.41. The SMILES string of the molecule is O=C(COc1ccc(C=Nn2c(-c3cc4cc(Br)ccc4o3)nc3ccccc3c2=O)cc1[N+](=O)[O-])N1CCOCC1. The molecule has 0 bridgehead atoms. The minimum Gasteiger partial charge on any atom is -0.477 e. The average molecular weight is 632 g/mol. The van der Waals surface area contributed by atoms with Crippen molar-refractivity contribution < 1.29 is 23.6 Å². The van der Waals surface area contributed by atoms with Gasteiger partial charge in [0.15, 0.2) is 18.1 Å². The summed E-state index contributed by atoms with van der Waals surface area (Å²) in [4.78, 5) is 43.4. The summed E-state index contributed by atoms with van der Waals surface area (Å²) in [6.07, 6.45) is 1.32. The van der Waals surface area contributed by atoms with E-state index in [1.165, 1.54) is 18.3 Å². The molecule has 1 aliphatic heterocycles. The minimum absolute atomic E-state index is 0.0579. The lowest BCUT2D eigenvalue weighted by Gasteiger charge is -2.26. The number of nitro groups is 1. The number of nitrogens with zero attached hydrogens (tertiary/aromatic N) is 5. The summed E-state index contributed by atoms with van der Waals surface area (Å²) < 4.78 is 18.7. The van der Waals surface area contributed by atoms with Crippen molar-refractivity contribution in [2.75, 3.05) is 32.9 Å². The number of benzene rings is 3. The Bertz CT molecular complexity index is 1930. The van der Waals surface area contributed by atoms with Crippen LogP contribution in [0.2, 0.25) is 0 Å². The minimum atomic E-state index is -0.604. The van der Waals surface area contributed by atoms with E-state index in [9.17, 15) is 19.7 Å². The first-order valence-corrected chi connectivity index (χ1v) is 13.7. The van der Waals surface area contributed by atoms with Crippen LogP contribution in [-0.2, 0) is 9.53 Å². The second-order valence-corrected chi connectivity index (χ2v) is 10.3. The lowest BCUT2D eigenvalue weighted by molar-refractivity contribution is -0.385. The van der Waals surface area contributed by atoms with Gasteiger partial charge in [0.25, 0.3) is 11.5 Å². The number of rotatable bonds is 7. The molecule has 3 heterocycles. The summed E-state index contributed by atoms with van der Waals surface area (Å²) >= 11 is 3.45. The summed E-state index contributed by atoms with van der Waals surface area (Å²) in [5.74, 6) is 0.144. The van der Waals surface area contributed by atoms with Gasteiger partial charge in [0, 0.05) is 34.6 Å². The van der Waals surface area contributed by atoms with Crippen molar-refractivity contribution in [3.05, 3.63) is 97.2 Å². The van der Waals surface area contributed by atoms with E-state index in [1.807, 2.05) is 12.1 Å². The van der Waals surface area contributed by atoms with E-state index < -0.39 is 10.5 Å². The number of amides is 1. The molecule has 3 aromatic carbocycles. The second kappa shape index (κ2) is 11.5. The normalized spacial score (nSPS) is 13.7. The highest BCUT2D eigenvalue weighted by molar-refractivity contribution is 9.10. The number of aromatic nitrogens is 2. The molecule has 13 heteroatoms. The number of morpholine rings is 1. The second-order valence-electron chi connectivity index (χ2n) is 9.37. The van der Waals surface area contributed by atoms with Gasteiger partial charge in [-0.1, -0.05) is 28.1 Å². The summed E-state index contributed by atoms with van der Waals surface area (Å²) in [7, 11) is 0. The maximum atomic E-state index is 13.5. The smallest absolute Gasteiger partial charge is 0.311 e. The number of hydrogen-bond acceptors (Lipinski definition) is 9. The van der Waals surface area contributed by atoms with E-state index >= 15 is 0 Å². The van der Waals surface area contributed by atoms with Crippen molar-refractivity contribution in [2.24, 2.45) is 5.10 Å². The summed E-state index contributed by atoms with van der Waals surface area (Å²) in [5.41, 5.74) is 0.609. The monoisotopic (exact) mass is 631 g/mol. The van der Waals surface area contributed by atoms with E-state index in [0.717, 1.165) is 14.5 Å². The zero-order valence-electron chi connectivity index (χ0n) is 21.9. The van der Waals surface area contributed by atoms with Gasteiger partial charge >= 0.3 is 5.69 Å². The maximum absolute atomic E-state index is 13.5. The Hall–Kier alpha value is -4.88. The fourth-order valence-electron chi connectivity index (χ4n) is 4.56. The van der Waals surface area contributed by atoms with Gasteiger partial charge in [-0.2, -0.15) is 9.78 Å². The van der Waals surface area contributed by atoms with Crippen molar-refractivity contribution in [1.29, 1.82) is 0 Å². The number of carbonyl (C=O) groups excluding carboxylic acids is 1. The van der Waals surface area contributed by atoms with Crippen LogP contribution in [0.15, 0.2) is 85.5 Å². The molecular weight excluding hydrogens is 610 g/mol. The number of hydrogen-bond donors (Lipinski definition) is 0. The van der Waals surface area contributed by atoms with Crippen LogP contribution in [0.1, 0.15) is 5.56 Å². The van der Waals surface area contributed by atoms with Gasteiger partial charge in [-0.3, -0.25) is 19.7 Å². The van der Waals surface area contributed by atoms with Crippen molar-refractivity contribution in [3.63, 3.8) is 0 Å². The van der Waals surface area contributed by atoms with E-state index in [0.29, 0.717) is 54.1 Å². The van der Waals surface area contributed by atoms with Gasteiger partial charge in [0.2, 0.25) is 5.82 Å². The molecule has 0 aliphatic carbocycles. The summed E-state index contributed by atoms with van der Waals surface area (Å²) in [5, 5.41) is 17.3. The molecule has 0 saturated carbocycles. The number of fused-ring (bicyclic) bond motifs is 2. The summed E-state index contributed by atoms with van der Waals surface area (Å²) in [6, 6.07) is 18.4. The van der Waals surface area contributed by atoms with E-state index in [2.05, 4.69) is 26.0 Å². The van der Waals surface area contributed by atoms with Gasteiger partial charge in [0.05, 0.1) is 35.3 Å². The molecule has 0 N–H and O–H groups in total. The van der Waals surface area contributed by atoms with Gasteiger partial charge in [-0.25, -0.2) is 4.98 Å². The number of nitro benzene ring substituents is 1. The van der Waals surface area contributed by atoms with Crippen LogP contribution < -0.4 is 10.3 Å². The van der Waals surface area contributed by atoms with E-state index in [4.69, 9.17) is 13.9 Å². The number of halogens is 1. The third kappa shape index (κ3) is 5.51. The molecule has 5 aromatic rings. The highest BCUT2D eigenvalue weighted by atomic mass is 79.9. The molecule has 2 aromatic heterocycles. The third-order valence-electron chi connectivity index (χ3n) is 6.67. The number of para-hydroxylation sites is 1. The number of furan rings is 1. The predicted molar refractivity (Wildman–Crippen MR) is 158 cm³/mol. The molecule has 0 unspecified atom stereocenters. The van der Waals surface area contributed by atoms with E-state index in [-0.39, 0.29) is 29.8 Å². The number of carbonyl (C=O) groups is 1. The first-order chi connectivity index (χ1) is 20.4. The Balaban J connectivity index is 1.34. The molecule has 0 spiro atoms. The van der Waals surface area contributed by atoms with Gasteiger partial charge in [-0.05, 0) is 48.5 Å². The molecule has 212 valence electrons. The highest BCUT2D eigenvalue weighted by Crippen LogP contribution is 2.30. The Morgan fingerprint density at radius 2 is 1.93 bits per heavy atom. The Labute approximate surface area is 246 Å². The molecule has 6 rings (SSSR count). The predicted octanol–water partition coefficient (Wildman–Crippen LogP) is 4.60. The topological polar surface area (TPSA) is 142 Å². The van der Waals surface area contributed by atoms with Gasteiger partial charge < -0.3 is 18.8 Å².